The number of benzene rings is 6. The highest BCUT2D eigenvalue weighted by molar-refractivity contribution is 6.28. The third-order valence-corrected chi connectivity index (χ3v) is 6.96. The zero-order chi connectivity index (χ0) is 23.9. The fraction of sp³-hybridized carbons (Fsp3) is 0. The van der Waals surface area contributed by atoms with Gasteiger partial charge in [-0.3, -0.25) is 0 Å². The quantitative estimate of drug-likeness (QED) is 0.249. The summed E-state index contributed by atoms with van der Waals surface area (Å²) >= 11 is 0. The van der Waals surface area contributed by atoms with Gasteiger partial charge in [0.15, 0.2) is 0 Å². The molecular weight excluding hydrogens is 438 g/mol. The van der Waals surface area contributed by atoms with E-state index in [9.17, 15) is 0 Å². The maximum Gasteiger partial charge on any atom is 0.105 e. The molecule has 0 saturated heterocycles. The minimum absolute atomic E-state index is 0.828. The van der Waals surface area contributed by atoms with Crippen LogP contribution >= 0.6 is 0 Å². The van der Waals surface area contributed by atoms with E-state index in [0.717, 1.165) is 27.9 Å². The van der Waals surface area contributed by atoms with Gasteiger partial charge in [-0.1, -0.05) is 121 Å². The molecule has 0 N–H and O–H groups in total. The molecule has 1 aromatic heterocycles. The Labute approximate surface area is 208 Å². The Morgan fingerprint density at radius 3 is 1.64 bits per heavy atom. The van der Waals surface area contributed by atoms with Crippen LogP contribution in [0.25, 0.3) is 65.8 Å². The van der Waals surface area contributed by atoms with Crippen LogP contribution in [0.4, 0.5) is 0 Å². The van der Waals surface area contributed by atoms with Gasteiger partial charge in [-0.05, 0) is 54.2 Å². The largest absolute Gasteiger partial charge is 0.138 e. The molecule has 0 unspecified atom stereocenters. The summed E-state index contributed by atoms with van der Waals surface area (Å²) in [6, 6.07) is 42.7. The molecule has 3 heteroatoms. The highest BCUT2D eigenvalue weighted by Crippen LogP contribution is 2.43. The third kappa shape index (κ3) is 3.18. The second kappa shape index (κ2) is 8.40. The van der Waals surface area contributed by atoms with Gasteiger partial charge in [-0.15, -0.1) is 10.2 Å². The summed E-state index contributed by atoms with van der Waals surface area (Å²) in [6.45, 7) is 0. The predicted molar refractivity (Wildman–Crippen MR) is 149 cm³/mol. The Kier molecular flexibility index (Phi) is 4.78. The third-order valence-electron chi connectivity index (χ3n) is 6.96. The lowest BCUT2D eigenvalue weighted by Gasteiger charge is -2.17. The Bertz CT molecular complexity index is 1850. The maximum atomic E-state index is 4.54. The summed E-state index contributed by atoms with van der Waals surface area (Å²) in [5.74, 6) is 0. The molecule has 0 aliphatic carbocycles. The molecule has 0 aliphatic heterocycles. The molecule has 3 nitrogen and oxygen atoms in total. The molecule has 0 spiro atoms. The van der Waals surface area contributed by atoms with E-state index in [0.29, 0.717) is 0 Å². The summed E-state index contributed by atoms with van der Waals surface area (Å²) in [6.07, 6.45) is 1.81. The normalized spacial score (nSPS) is 11.3. The standard InChI is InChI=1S/C33H21N3/c1-2-11-22(12-3-1)31-21-34-36-35-33(31)30-18-9-7-16-26(30)29-20-10-19-28-25-14-5-4-13-23(25)24-15-6-8-17-27(24)32(28)29/h1-21H. The first-order chi connectivity index (χ1) is 17.9. The summed E-state index contributed by atoms with van der Waals surface area (Å²) in [7, 11) is 0. The van der Waals surface area contributed by atoms with Gasteiger partial charge in [-0.2, -0.15) is 0 Å². The smallest absolute Gasteiger partial charge is 0.105 e. The zero-order valence-electron chi connectivity index (χ0n) is 19.5. The first-order valence-corrected chi connectivity index (χ1v) is 12.1. The highest BCUT2D eigenvalue weighted by Gasteiger charge is 2.18. The molecule has 6 aromatic carbocycles. The monoisotopic (exact) mass is 459 g/mol. The summed E-state index contributed by atoms with van der Waals surface area (Å²) in [4.78, 5) is 0. The minimum atomic E-state index is 0.828. The van der Waals surface area contributed by atoms with E-state index in [2.05, 4.69) is 119 Å². The Morgan fingerprint density at radius 1 is 0.389 bits per heavy atom. The van der Waals surface area contributed by atoms with Crippen molar-refractivity contribution in [1.29, 1.82) is 0 Å². The van der Waals surface area contributed by atoms with E-state index in [1.807, 2.05) is 18.2 Å². The van der Waals surface area contributed by atoms with E-state index >= 15 is 0 Å². The van der Waals surface area contributed by atoms with Crippen molar-refractivity contribution >= 4 is 32.3 Å². The van der Waals surface area contributed by atoms with Crippen LogP contribution in [0.1, 0.15) is 0 Å². The number of hydrogen-bond acceptors (Lipinski definition) is 3. The second-order valence-corrected chi connectivity index (χ2v) is 8.93. The predicted octanol–water partition coefficient (Wildman–Crippen LogP) is 8.33. The second-order valence-electron chi connectivity index (χ2n) is 8.93. The summed E-state index contributed by atoms with van der Waals surface area (Å²) < 4.78 is 0. The molecule has 168 valence electrons. The van der Waals surface area contributed by atoms with Crippen LogP contribution in [0.5, 0.6) is 0 Å². The maximum absolute atomic E-state index is 4.54. The number of rotatable bonds is 3. The van der Waals surface area contributed by atoms with Crippen LogP contribution in [0.15, 0.2) is 128 Å². The molecule has 0 aliphatic rings. The summed E-state index contributed by atoms with van der Waals surface area (Å²) in [5, 5.41) is 20.2. The molecule has 0 saturated carbocycles. The van der Waals surface area contributed by atoms with Crippen molar-refractivity contribution in [2.24, 2.45) is 0 Å². The van der Waals surface area contributed by atoms with Crippen molar-refractivity contribution in [1.82, 2.24) is 15.4 Å². The van der Waals surface area contributed by atoms with Gasteiger partial charge in [0.25, 0.3) is 0 Å². The average Bonchev–Trinajstić information content (AvgIpc) is 2.97. The van der Waals surface area contributed by atoms with Crippen molar-refractivity contribution in [3.8, 4) is 33.5 Å². The molecular formula is C33H21N3. The van der Waals surface area contributed by atoms with Gasteiger partial charge in [0, 0.05) is 11.1 Å². The van der Waals surface area contributed by atoms with E-state index in [4.69, 9.17) is 0 Å². The zero-order valence-corrected chi connectivity index (χ0v) is 19.5. The van der Waals surface area contributed by atoms with Crippen molar-refractivity contribution < 1.29 is 0 Å². The van der Waals surface area contributed by atoms with Crippen molar-refractivity contribution in [3.63, 3.8) is 0 Å². The average molecular weight is 460 g/mol. The first-order valence-electron chi connectivity index (χ1n) is 12.1. The Morgan fingerprint density at radius 2 is 0.917 bits per heavy atom. The Hall–Kier alpha value is -4.89. The topological polar surface area (TPSA) is 38.7 Å². The molecule has 1 heterocycles. The van der Waals surface area contributed by atoms with Crippen LogP contribution in [0.3, 0.4) is 0 Å². The molecule has 36 heavy (non-hydrogen) atoms. The molecule has 0 atom stereocenters. The lowest BCUT2D eigenvalue weighted by Crippen LogP contribution is -1.97. The van der Waals surface area contributed by atoms with Gasteiger partial charge in [0.2, 0.25) is 0 Å². The van der Waals surface area contributed by atoms with Crippen LogP contribution in [-0.4, -0.2) is 15.4 Å². The van der Waals surface area contributed by atoms with Gasteiger partial charge >= 0.3 is 0 Å². The Balaban J connectivity index is 1.58. The van der Waals surface area contributed by atoms with Crippen molar-refractivity contribution in [2.75, 3.05) is 0 Å². The molecule has 0 bridgehead atoms. The highest BCUT2D eigenvalue weighted by atomic mass is 15.3. The first kappa shape index (κ1) is 20.5. The molecule has 7 rings (SSSR count). The molecule has 7 aromatic rings. The lowest BCUT2D eigenvalue weighted by atomic mass is 9.87. The number of aromatic nitrogens is 3. The number of fused-ring (bicyclic) bond motifs is 6. The number of nitrogens with zero attached hydrogens (tertiary/aromatic N) is 3. The minimum Gasteiger partial charge on any atom is -0.138 e. The lowest BCUT2D eigenvalue weighted by molar-refractivity contribution is 0.873. The van der Waals surface area contributed by atoms with Crippen LogP contribution < -0.4 is 0 Å². The SMILES string of the molecule is c1ccc(-c2cnnnc2-c2ccccc2-c2cccc3c4ccccc4c4ccccc4c23)cc1. The van der Waals surface area contributed by atoms with Gasteiger partial charge < -0.3 is 0 Å². The van der Waals surface area contributed by atoms with E-state index in [1.165, 1.54) is 37.9 Å². The fourth-order valence-electron chi connectivity index (χ4n) is 5.40. The van der Waals surface area contributed by atoms with Gasteiger partial charge in [0.05, 0.1) is 6.20 Å². The molecule has 0 radical (unpaired) electrons. The van der Waals surface area contributed by atoms with Crippen molar-refractivity contribution in [3.05, 3.63) is 128 Å². The van der Waals surface area contributed by atoms with Crippen LogP contribution in [-0.2, 0) is 0 Å². The van der Waals surface area contributed by atoms with Crippen LogP contribution in [0, 0.1) is 0 Å². The van der Waals surface area contributed by atoms with E-state index in [1.54, 1.807) is 6.20 Å². The molecule has 0 amide bonds. The molecule has 0 fully saturated rings. The van der Waals surface area contributed by atoms with Gasteiger partial charge in [-0.25, -0.2) is 0 Å². The van der Waals surface area contributed by atoms with Crippen molar-refractivity contribution in [2.45, 2.75) is 0 Å². The van der Waals surface area contributed by atoms with Gasteiger partial charge in [0.1, 0.15) is 5.69 Å². The summed E-state index contributed by atoms with van der Waals surface area (Å²) in [5.41, 5.74) is 6.21. The van der Waals surface area contributed by atoms with Crippen LogP contribution in [0.2, 0.25) is 0 Å². The fourth-order valence-corrected chi connectivity index (χ4v) is 5.40. The van der Waals surface area contributed by atoms with E-state index < -0.39 is 0 Å². The van der Waals surface area contributed by atoms with E-state index in [-0.39, 0.29) is 0 Å². The number of hydrogen-bond donors (Lipinski definition) is 0.